The zero-order chi connectivity index (χ0) is 17.5. The number of aliphatic hydroxyl groups excluding tert-OH is 2. The van der Waals surface area contributed by atoms with Crippen molar-refractivity contribution >= 4 is 11.7 Å². The quantitative estimate of drug-likeness (QED) is 0.733. The number of rotatable bonds is 1. The first kappa shape index (κ1) is 17.0. The molecule has 0 bridgehead atoms. The maximum Gasteiger partial charge on any atom is 0.416 e. The molecule has 2 unspecified atom stereocenters. The van der Waals surface area contributed by atoms with Crippen LogP contribution in [0.25, 0.3) is 0 Å². The third kappa shape index (κ3) is 2.95. The highest BCUT2D eigenvalue weighted by Crippen LogP contribution is 2.49. The molecule has 0 aromatic heterocycles. The number of aliphatic hydroxyl groups is 2. The lowest BCUT2D eigenvalue weighted by Crippen LogP contribution is -2.62. The number of nitrogens with one attached hydrogen (secondary N) is 1. The first-order chi connectivity index (χ1) is 11.2. The van der Waals surface area contributed by atoms with E-state index < -0.39 is 35.4 Å². The average molecular weight is 344 g/mol. The largest absolute Gasteiger partial charge is 0.416 e. The zero-order valence-electron chi connectivity index (χ0n) is 12.9. The van der Waals surface area contributed by atoms with E-state index in [1.807, 2.05) is 0 Å². The molecule has 1 aliphatic heterocycles. The van der Waals surface area contributed by atoms with Gasteiger partial charge in [0.25, 0.3) is 0 Å². The van der Waals surface area contributed by atoms with E-state index in [2.05, 4.69) is 5.32 Å². The average Bonchev–Trinajstić information content (AvgIpc) is 2.54. The molecular formula is C16H19F3N2O3. The Bertz CT molecular complexity index is 617. The van der Waals surface area contributed by atoms with Crippen LogP contribution in [0.5, 0.6) is 0 Å². The Kier molecular flexibility index (Phi) is 4.21. The van der Waals surface area contributed by atoms with Crippen LogP contribution < -0.4 is 5.32 Å². The van der Waals surface area contributed by atoms with Crippen LogP contribution in [0.15, 0.2) is 24.3 Å². The molecule has 1 spiro atoms. The predicted octanol–water partition coefficient (Wildman–Crippen LogP) is 2.45. The molecule has 5 nitrogen and oxygen atoms in total. The maximum absolute atomic E-state index is 12.7. The van der Waals surface area contributed by atoms with E-state index in [1.165, 1.54) is 17.0 Å². The normalized spacial score (nSPS) is 26.1. The van der Waals surface area contributed by atoms with Crippen LogP contribution in [0.2, 0.25) is 0 Å². The Balaban J connectivity index is 1.61. The minimum absolute atomic E-state index is 0.0822. The number of carbonyl (C=O) groups is 1. The van der Waals surface area contributed by atoms with E-state index in [1.54, 1.807) is 0 Å². The van der Waals surface area contributed by atoms with Crippen molar-refractivity contribution < 1.29 is 28.2 Å². The fourth-order valence-electron chi connectivity index (χ4n) is 3.51. The molecule has 1 aliphatic carbocycles. The van der Waals surface area contributed by atoms with E-state index in [0.717, 1.165) is 12.1 Å². The van der Waals surface area contributed by atoms with E-state index in [0.29, 0.717) is 32.4 Å². The molecule has 0 radical (unpaired) electrons. The lowest BCUT2D eigenvalue weighted by Gasteiger charge is -2.54. The van der Waals surface area contributed by atoms with Crippen molar-refractivity contribution in [2.45, 2.75) is 37.6 Å². The van der Waals surface area contributed by atoms with Gasteiger partial charge in [0.2, 0.25) is 0 Å². The molecule has 1 saturated carbocycles. The number of nitrogens with zero attached hydrogens (tertiary/aromatic N) is 1. The number of urea groups is 1. The van der Waals surface area contributed by atoms with Gasteiger partial charge in [-0.05, 0) is 31.0 Å². The van der Waals surface area contributed by atoms with Crippen molar-refractivity contribution in [2.24, 2.45) is 5.41 Å². The van der Waals surface area contributed by atoms with Crippen molar-refractivity contribution in [3.8, 4) is 0 Å². The van der Waals surface area contributed by atoms with Gasteiger partial charge in [-0.3, -0.25) is 0 Å². The lowest BCUT2D eigenvalue weighted by molar-refractivity contribution is -0.186. The minimum atomic E-state index is -4.46. The summed E-state index contributed by atoms with van der Waals surface area (Å²) in [5, 5.41) is 22.2. The SMILES string of the molecule is O=C(Nc1cccc(C(F)(F)F)c1)N1CCC2(CC1)C(O)CC2O. The molecule has 24 heavy (non-hydrogen) atoms. The smallest absolute Gasteiger partial charge is 0.392 e. The summed E-state index contributed by atoms with van der Waals surface area (Å²) in [5.41, 5.74) is -1.27. The molecule has 1 aromatic carbocycles. The second-order valence-corrected chi connectivity index (χ2v) is 6.50. The molecule has 8 heteroatoms. The van der Waals surface area contributed by atoms with Crippen LogP contribution in [0.4, 0.5) is 23.7 Å². The number of hydrogen-bond acceptors (Lipinski definition) is 3. The third-order valence-electron chi connectivity index (χ3n) is 5.20. The first-order valence-electron chi connectivity index (χ1n) is 7.82. The summed E-state index contributed by atoms with van der Waals surface area (Å²) in [7, 11) is 0. The highest BCUT2D eigenvalue weighted by Gasteiger charge is 2.55. The Morgan fingerprint density at radius 2 is 1.83 bits per heavy atom. The summed E-state index contributed by atoms with van der Waals surface area (Å²) in [6.45, 7) is 0.692. The van der Waals surface area contributed by atoms with Crippen LogP contribution in [0.3, 0.4) is 0 Å². The molecular weight excluding hydrogens is 325 g/mol. The lowest BCUT2D eigenvalue weighted by atomic mass is 9.58. The molecule has 2 fully saturated rings. The van der Waals surface area contributed by atoms with Crippen molar-refractivity contribution in [3.05, 3.63) is 29.8 Å². The number of anilines is 1. The predicted molar refractivity (Wildman–Crippen MR) is 80.3 cm³/mol. The second-order valence-electron chi connectivity index (χ2n) is 6.50. The summed E-state index contributed by atoms with van der Waals surface area (Å²) >= 11 is 0. The van der Waals surface area contributed by atoms with Crippen molar-refractivity contribution in [2.75, 3.05) is 18.4 Å². The highest BCUT2D eigenvalue weighted by molar-refractivity contribution is 5.89. The zero-order valence-corrected chi connectivity index (χ0v) is 12.9. The number of carbonyl (C=O) groups excluding carboxylic acids is 1. The molecule has 2 aliphatic rings. The monoisotopic (exact) mass is 344 g/mol. The highest BCUT2D eigenvalue weighted by atomic mass is 19.4. The van der Waals surface area contributed by atoms with Gasteiger partial charge in [0.1, 0.15) is 0 Å². The van der Waals surface area contributed by atoms with E-state index in [4.69, 9.17) is 0 Å². The number of alkyl halides is 3. The number of hydrogen-bond donors (Lipinski definition) is 3. The van der Waals surface area contributed by atoms with Crippen molar-refractivity contribution in [1.29, 1.82) is 0 Å². The Morgan fingerprint density at radius 1 is 1.21 bits per heavy atom. The van der Waals surface area contributed by atoms with Gasteiger partial charge in [0.05, 0.1) is 17.8 Å². The Morgan fingerprint density at radius 3 is 2.38 bits per heavy atom. The van der Waals surface area contributed by atoms with E-state index in [9.17, 15) is 28.2 Å². The summed E-state index contributed by atoms with van der Waals surface area (Å²) in [5.74, 6) is 0. The van der Waals surface area contributed by atoms with E-state index >= 15 is 0 Å². The standard InChI is InChI=1S/C16H19F3N2O3/c17-16(18,19)10-2-1-3-11(8-10)20-14(24)21-6-4-15(5-7-21)12(22)9-13(15)23/h1-3,8,12-13,22-23H,4-7,9H2,(H,20,24). The summed E-state index contributed by atoms with van der Waals surface area (Å²) in [6, 6.07) is 4.00. The van der Waals surface area contributed by atoms with Crippen LogP contribution in [0.1, 0.15) is 24.8 Å². The number of amides is 2. The fraction of sp³-hybridized carbons (Fsp3) is 0.562. The Labute approximate surface area is 137 Å². The van der Waals surface area contributed by atoms with Crippen molar-refractivity contribution in [3.63, 3.8) is 0 Å². The van der Waals surface area contributed by atoms with Gasteiger partial charge in [-0.1, -0.05) is 6.07 Å². The van der Waals surface area contributed by atoms with Crippen LogP contribution in [-0.2, 0) is 6.18 Å². The molecule has 1 aromatic rings. The maximum atomic E-state index is 12.7. The third-order valence-corrected chi connectivity index (χ3v) is 5.20. The van der Waals surface area contributed by atoms with Crippen LogP contribution in [0, 0.1) is 5.41 Å². The topological polar surface area (TPSA) is 72.8 Å². The molecule has 1 heterocycles. The van der Waals surface area contributed by atoms with Gasteiger partial charge in [0, 0.05) is 30.6 Å². The molecule has 132 valence electrons. The van der Waals surface area contributed by atoms with Gasteiger partial charge < -0.3 is 20.4 Å². The molecule has 2 atom stereocenters. The van der Waals surface area contributed by atoms with Crippen LogP contribution >= 0.6 is 0 Å². The summed E-state index contributed by atoms with van der Waals surface area (Å²) in [6.07, 6.45) is -4.26. The molecule has 3 rings (SSSR count). The summed E-state index contributed by atoms with van der Waals surface area (Å²) < 4.78 is 38.1. The molecule has 2 amide bonds. The second kappa shape index (κ2) is 5.93. The number of likely N-dealkylation sites (tertiary alicyclic amines) is 1. The van der Waals surface area contributed by atoms with Gasteiger partial charge in [-0.25, -0.2) is 4.79 Å². The minimum Gasteiger partial charge on any atom is -0.392 e. The van der Waals surface area contributed by atoms with Crippen molar-refractivity contribution in [1.82, 2.24) is 4.90 Å². The number of halogens is 3. The number of benzene rings is 1. The van der Waals surface area contributed by atoms with Gasteiger partial charge >= 0.3 is 12.2 Å². The fourth-order valence-corrected chi connectivity index (χ4v) is 3.51. The number of piperidine rings is 1. The van der Waals surface area contributed by atoms with Gasteiger partial charge in [-0.2, -0.15) is 13.2 Å². The van der Waals surface area contributed by atoms with E-state index in [-0.39, 0.29) is 5.69 Å². The first-order valence-corrected chi connectivity index (χ1v) is 7.82. The van der Waals surface area contributed by atoms with Crippen LogP contribution in [-0.4, -0.2) is 46.4 Å². The molecule has 3 N–H and O–H groups in total. The van der Waals surface area contributed by atoms with Gasteiger partial charge in [0.15, 0.2) is 0 Å². The Hall–Kier alpha value is -1.80. The van der Waals surface area contributed by atoms with Gasteiger partial charge in [-0.15, -0.1) is 0 Å². The summed E-state index contributed by atoms with van der Waals surface area (Å²) in [4.78, 5) is 13.7. The molecule has 1 saturated heterocycles.